The SMILES string of the molecule is CCOC(=O)[C-]1CCN(C(=O)C(Cc2ccc(Cl)cc2)NC(=O)C2Cc3ccccc3CN2)CC1.[Y+3]. The number of nitrogens with one attached hydrogen (secondary N) is 2. The number of halogens is 1. The average molecular weight is 586 g/mol. The van der Waals surface area contributed by atoms with Crippen LogP contribution in [0, 0.1) is 5.92 Å². The number of hydrogen-bond donors (Lipinski definition) is 2. The van der Waals surface area contributed by atoms with Gasteiger partial charge in [-0.25, -0.2) is 0 Å². The second kappa shape index (κ2) is 13.6. The van der Waals surface area contributed by atoms with E-state index in [2.05, 4.69) is 16.7 Å². The fraction of sp³-hybridized carbons (Fsp3) is 0.407. The molecule has 2 N–H and O–H groups in total. The van der Waals surface area contributed by atoms with Crippen molar-refractivity contribution in [2.45, 2.75) is 51.2 Å². The smallest absolute Gasteiger partial charge is 0.488 e. The summed E-state index contributed by atoms with van der Waals surface area (Å²) < 4.78 is 5.10. The van der Waals surface area contributed by atoms with Gasteiger partial charge in [-0.05, 0) is 55.3 Å². The van der Waals surface area contributed by atoms with Crippen molar-refractivity contribution in [1.29, 1.82) is 0 Å². The molecule has 0 bridgehead atoms. The van der Waals surface area contributed by atoms with Gasteiger partial charge in [-0.15, -0.1) is 12.8 Å². The van der Waals surface area contributed by atoms with E-state index in [0.717, 1.165) is 11.1 Å². The Balaban J connectivity index is 0.00000361. The Morgan fingerprint density at radius 1 is 1.11 bits per heavy atom. The van der Waals surface area contributed by atoms with Crippen LogP contribution in [0.1, 0.15) is 36.5 Å². The summed E-state index contributed by atoms with van der Waals surface area (Å²) in [5.74, 6) is 0.0866. The monoisotopic (exact) mass is 585 g/mol. The molecule has 4 rings (SSSR count). The van der Waals surface area contributed by atoms with Crippen molar-refractivity contribution < 1.29 is 51.8 Å². The summed E-state index contributed by atoms with van der Waals surface area (Å²) in [6, 6.07) is 14.2. The van der Waals surface area contributed by atoms with Crippen molar-refractivity contribution in [3.8, 4) is 0 Å². The van der Waals surface area contributed by atoms with Crippen LogP contribution in [0.3, 0.4) is 0 Å². The van der Waals surface area contributed by atoms with Crippen molar-refractivity contribution in [1.82, 2.24) is 15.5 Å². The molecule has 7 nitrogen and oxygen atoms in total. The first-order chi connectivity index (χ1) is 16.9. The third-order valence-electron chi connectivity index (χ3n) is 6.61. The van der Waals surface area contributed by atoms with Crippen LogP contribution < -0.4 is 10.6 Å². The molecule has 0 radical (unpaired) electrons. The number of ether oxygens (including phenoxy) is 1. The molecule has 2 amide bonds. The maximum absolute atomic E-state index is 13.5. The number of nitrogens with zero attached hydrogens (tertiary/aromatic N) is 1. The zero-order valence-corrected chi connectivity index (χ0v) is 24.1. The maximum atomic E-state index is 13.5. The normalized spacial score (nSPS) is 17.9. The molecule has 1 saturated heterocycles. The second-order valence-corrected chi connectivity index (χ2v) is 9.38. The summed E-state index contributed by atoms with van der Waals surface area (Å²) in [7, 11) is 0. The number of carbonyl (C=O) groups is 3. The van der Waals surface area contributed by atoms with E-state index in [1.807, 2.05) is 30.3 Å². The van der Waals surface area contributed by atoms with Gasteiger partial charge in [-0.3, -0.25) is 20.3 Å². The molecule has 2 unspecified atom stereocenters. The predicted octanol–water partition coefficient (Wildman–Crippen LogP) is 2.84. The number of likely N-dealkylation sites (tertiary alicyclic amines) is 1. The second-order valence-electron chi connectivity index (χ2n) is 8.95. The molecular formula is C27H31ClN3O4Y+2. The van der Waals surface area contributed by atoms with Crippen LogP contribution >= 0.6 is 11.6 Å². The van der Waals surface area contributed by atoms with Gasteiger partial charge in [0.05, 0.1) is 12.6 Å². The number of piperidine rings is 1. The third-order valence-corrected chi connectivity index (χ3v) is 6.86. The van der Waals surface area contributed by atoms with Crippen LogP contribution in [0.2, 0.25) is 5.02 Å². The van der Waals surface area contributed by atoms with Crippen molar-refractivity contribution in [2.24, 2.45) is 0 Å². The van der Waals surface area contributed by atoms with Crippen LogP contribution in [0.5, 0.6) is 0 Å². The molecule has 36 heavy (non-hydrogen) atoms. The summed E-state index contributed by atoms with van der Waals surface area (Å²) in [6.45, 7) is 3.58. The van der Waals surface area contributed by atoms with Crippen molar-refractivity contribution in [3.63, 3.8) is 0 Å². The molecule has 2 atom stereocenters. The first kappa shape index (κ1) is 28.6. The predicted molar refractivity (Wildman–Crippen MR) is 134 cm³/mol. The topological polar surface area (TPSA) is 87.7 Å². The minimum atomic E-state index is -0.716. The maximum Gasteiger partial charge on any atom is 3.00 e. The van der Waals surface area contributed by atoms with E-state index < -0.39 is 12.1 Å². The summed E-state index contributed by atoms with van der Waals surface area (Å²) in [4.78, 5) is 40.5. The molecule has 0 saturated carbocycles. The van der Waals surface area contributed by atoms with E-state index in [-0.39, 0.29) is 50.5 Å². The van der Waals surface area contributed by atoms with E-state index in [0.29, 0.717) is 62.9 Å². The summed E-state index contributed by atoms with van der Waals surface area (Å²) in [5, 5.41) is 6.91. The largest absolute Gasteiger partial charge is 3.00 e. The molecule has 0 aromatic heterocycles. The molecule has 2 aromatic rings. The Bertz CT molecular complexity index is 1060. The van der Waals surface area contributed by atoms with Gasteiger partial charge in [0, 0.05) is 18.0 Å². The summed E-state index contributed by atoms with van der Waals surface area (Å²) >= 11 is 6.03. The molecule has 0 aliphatic carbocycles. The molecule has 0 spiro atoms. The van der Waals surface area contributed by atoms with Gasteiger partial charge in [0.15, 0.2) is 5.97 Å². The minimum Gasteiger partial charge on any atom is -0.488 e. The van der Waals surface area contributed by atoms with Crippen LogP contribution in [0.15, 0.2) is 48.5 Å². The molecule has 1 fully saturated rings. The molecular weight excluding hydrogens is 555 g/mol. The van der Waals surface area contributed by atoms with Crippen LogP contribution in [-0.2, 0) is 71.2 Å². The molecule has 9 heteroatoms. The van der Waals surface area contributed by atoms with Crippen molar-refractivity contribution in [3.05, 3.63) is 76.2 Å². The van der Waals surface area contributed by atoms with Crippen LogP contribution in [-0.4, -0.2) is 54.5 Å². The van der Waals surface area contributed by atoms with Crippen molar-refractivity contribution >= 4 is 29.4 Å². The number of benzene rings is 2. The van der Waals surface area contributed by atoms with Gasteiger partial charge in [-0.2, -0.15) is 0 Å². The Hall–Kier alpha value is -1.93. The fourth-order valence-corrected chi connectivity index (χ4v) is 4.75. The summed E-state index contributed by atoms with van der Waals surface area (Å²) in [5.41, 5.74) is 3.24. The molecule has 2 aliphatic heterocycles. The Kier molecular flexibility index (Phi) is 10.8. The Morgan fingerprint density at radius 3 is 2.44 bits per heavy atom. The van der Waals surface area contributed by atoms with E-state index in [1.165, 1.54) is 5.56 Å². The van der Waals surface area contributed by atoms with Gasteiger partial charge in [0.2, 0.25) is 11.8 Å². The quantitative estimate of drug-likeness (QED) is 0.386. The third kappa shape index (κ3) is 7.31. The zero-order valence-electron chi connectivity index (χ0n) is 20.5. The fourth-order valence-electron chi connectivity index (χ4n) is 4.62. The number of amides is 2. The molecule has 2 aromatic carbocycles. The van der Waals surface area contributed by atoms with Crippen LogP contribution in [0.4, 0.5) is 0 Å². The Morgan fingerprint density at radius 2 is 1.78 bits per heavy atom. The number of rotatable bonds is 7. The van der Waals surface area contributed by atoms with Gasteiger partial charge >= 0.3 is 32.7 Å². The van der Waals surface area contributed by atoms with Gasteiger partial charge in [0.25, 0.3) is 0 Å². The number of esters is 1. The minimum absolute atomic E-state index is 0. The number of fused-ring (bicyclic) bond motifs is 1. The zero-order chi connectivity index (χ0) is 24.8. The standard InChI is InChI=1S/C27H31ClN3O4.Y/c1-2-35-27(34)19-11-13-31(14-12-19)26(33)24(15-18-7-9-22(28)10-8-18)30-25(32)23-16-20-5-3-4-6-21(20)17-29-23;/h3-10,23-24,29H,2,11-17H2,1H3,(H,30,32);/q-1;+3. The van der Waals surface area contributed by atoms with E-state index >= 15 is 0 Å². The van der Waals surface area contributed by atoms with Gasteiger partial charge in [-0.1, -0.05) is 48.0 Å². The number of carbonyl (C=O) groups excluding carboxylic acids is 3. The van der Waals surface area contributed by atoms with Gasteiger partial charge < -0.3 is 20.3 Å². The molecule has 2 heterocycles. The van der Waals surface area contributed by atoms with Crippen molar-refractivity contribution in [2.75, 3.05) is 19.7 Å². The van der Waals surface area contributed by atoms with E-state index in [1.54, 1.807) is 24.0 Å². The van der Waals surface area contributed by atoms with E-state index in [9.17, 15) is 14.4 Å². The molecule has 186 valence electrons. The van der Waals surface area contributed by atoms with Crippen LogP contribution in [0.25, 0.3) is 0 Å². The van der Waals surface area contributed by atoms with Gasteiger partial charge in [0.1, 0.15) is 6.04 Å². The number of hydrogen-bond acceptors (Lipinski definition) is 5. The first-order valence-corrected chi connectivity index (χ1v) is 12.5. The summed E-state index contributed by atoms with van der Waals surface area (Å²) in [6.07, 6.45) is 1.89. The molecule has 2 aliphatic rings. The Labute approximate surface area is 242 Å². The first-order valence-electron chi connectivity index (χ1n) is 12.1. The average Bonchev–Trinajstić information content (AvgIpc) is 2.89. The van der Waals surface area contributed by atoms with E-state index in [4.69, 9.17) is 16.3 Å².